The number of carbonyl (C=O) groups is 1. The second-order valence-electron chi connectivity index (χ2n) is 6.19. The number of aromatic nitrogens is 2. The maximum Gasteiger partial charge on any atom is 0.265 e. The Bertz CT molecular complexity index is 1200. The van der Waals surface area contributed by atoms with E-state index in [2.05, 4.69) is 10.3 Å². The van der Waals surface area contributed by atoms with E-state index >= 15 is 0 Å². The fourth-order valence-electron chi connectivity index (χ4n) is 3.04. The van der Waals surface area contributed by atoms with Crippen LogP contribution in [0.5, 0.6) is 0 Å². The number of rotatable bonds is 4. The number of hydrogen-bond donors (Lipinski definition) is 1. The molecule has 0 saturated carbocycles. The van der Waals surface area contributed by atoms with Crippen molar-refractivity contribution in [2.24, 2.45) is 0 Å². The standard InChI is InChI=1S/C21H16ClN3O2/c22-15-8-9-16-18(13-15)24-19-17(7-4-12-25(19)21(16)27)20(26)23-11-10-14-5-2-1-3-6-14/h1-9,12-13H,10-11H2,(H,23,26). The monoisotopic (exact) mass is 377 g/mol. The molecule has 0 spiro atoms. The molecule has 2 aromatic heterocycles. The Balaban J connectivity index is 1.67. The van der Waals surface area contributed by atoms with E-state index in [0.717, 1.165) is 12.0 Å². The van der Waals surface area contributed by atoms with Crippen molar-refractivity contribution in [2.75, 3.05) is 6.54 Å². The average molecular weight is 378 g/mol. The maximum absolute atomic E-state index is 12.7. The van der Waals surface area contributed by atoms with Crippen LogP contribution in [0.3, 0.4) is 0 Å². The molecule has 0 bridgehead atoms. The molecule has 1 N–H and O–H groups in total. The Labute approximate surface area is 160 Å². The average Bonchev–Trinajstić information content (AvgIpc) is 2.68. The molecule has 0 atom stereocenters. The number of carbonyl (C=O) groups excluding carboxylic acids is 1. The molecule has 134 valence electrons. The van der Waals surface area contributed by atoms with E-state index in [1.165, 1.54) is 4.40 Å². The minimum absolute atomic E-state index is 0.231. The van der Waals surface area contributed by atoms with Crippen LogP contribution in [0.4, 0.5) is 0 Å². The van der Waals surface area contributed by atoms with E-state index in [0.29, 0.717) is 33.7 Å². The number of halogens is 1. The third-order valence-corrected chi connectivity index (χ3v) is 4.62. The molecular weight excluding hydrogens is 362 g/mol. The highest BCUT2D eigenvalue weighted by Gasteiger charge is 2.14. The van der Waals surface area contributed by atoms with Crippen molar-refractivity contribution in [3.63, 3.8) is 0 Å². The first-order valence-corrected chi connectivity index (χ1v) is 8.94. The van der Waals surface area contributed by atoms with Crippen molar-refractivity contribution in [2.45, 2.75) is 6.42 Å². The number of nitrogens with one attached hydrogen (secondary N) is 1. The van der Waals surface area contributed by atoms with Crippen LogP contribution in [-0.2, 0) is 6.42 Å². The van der Waals surface area contributed by atoms with E-state index < -0.39 is 0 Å². The van der Waals surface area contributed by atoms with Crippen LogP contribution < -0.4 is 10.9 Å². The van der Waals surface area contributed by atoms with Crippen LogP contribution in [0.15, 0.2) is 71.7 Å². The molecule has 0 aliphatic carbocycles. The minimum atomic E-state index is -0.266. The SMILES string of the molecule is O=C(NCCc1ccccc1)c1cccn2c(=O)c3ccc(Cl)cc3nc12. The number of fused-ring (bicyclic) bond motifs is 2. The molecule has 0 unspecified atom stereocenters. The van der Waals surface area contributed by atoms with Crippen molar-refractivity contribution in [1.29, 1.82) is 0 Å². The minimum Gasteiger partial charge on any atom is -0.352 e. The first kappa shape index (κ1) is 17.2. The highest BCUT2D eigenvalue weighted by molar-refractivity contribution is 6.31. The lowest BCUT2D eigenvalue weighted by Gasteiger charge is -2.09. The number of nitrogens with zero attached hydrogens (tertiary/aromatic N) is 2. The van der Waals surface area contributed by atoms with Gasteiger partial charge in [-0.05, 0) is 42.3 Å². The Morgan fingerprint density at radius 3 is 2.70 bits per heavy atom. The van der Waals surface area contributed by atoms with Crippen LogP contribution in [0.2, 0.25) is 5.02 Å². The maximum atomic E-state index is 12.7. The van der Waals surface area contributed by atoms with Gasteiger partial charge in [0.2, 0.25) is 0 Å². The highest BCUT2D eigenvalue weighted by Crippen LogP contribution is 2.17. The van der Waals surface area contributed by atoms with Crippen LogP contribution in [0.25, 0.3) is 16.6 Å². The van der Waals surface area contributed by atoms with Gasteiger partial charge in [-0.3, -0.25) is 14.0 Å². The highest BCUT2D eigenvalue weighted by atomic mass is 35.5. The van der Waals surface area contributed by atoms with E-state index in [1.54, 1.807) is 36.5 Å². The largest absolute Gasteiger partial charge is 0.352 e. The second kappa shape index (κ2) is 7.21. The van der Waals surface area contributed by atoms with Gasteiger partial charge in [-0.1, -0.05) is 41.9 Å². The Hall–Kier alpha value is -3.18. The van der Waals surface area contributed by atoms with Gasteiger partial charge in [0.05, 0.1) is 16.5 Å². The summed E-state index contributed by atoms with van der Waals surface area (Å²) in [6, 6.07) is 18.2. The molecule has 2 heterocycles. The summed E-state index contributed by atoms with van der Waals surface area (Å²) in [5, 5.41) is 3.84. The summed E-state index contributed by atoms with van der Waals surface area (Å²) in [4.78, 5) is 29.9. The molecule has 0 radical (unpaired) electrons. The molecular formula is C21H16ClN3O2. The Kier molecular flexibility index (Phi) is 4.60. The van der Waals surface area contributed by atoms with Crippen LogP contribution in [0, 0.1) is 0 Å². The number of amides is 1. The first-order chi connectivity index (χ1) is 13.1. The zero-order valence-corrected chi connectivity index (χ0v) is 15.1. The second-order valence-corrected chi connectivity index (χ2v) is 6.62. The van der Waals surface area contributed by atoms with Gasteiger partial charge in [0.15, 0.2) is 5.65 Å². The van der Waals surface area contributed by atoms with Gasteiger partial charge in [0.25, 0.3) is 11.5 Å². The van der Waals surface area contributed by atoms with E-state index in [-0.39, 0.29) is 11.5 Å². The van der Waals surface area contributed by atoms with Gasteiger partial charge in [0, 0.05) is 17.8 Å². The van der Waals surface area contributed by atoms with E-state index in [9.17, 15) is 9.59 Å². The van der Waals surface area contributed by atoms with Crippen LogP contribution in [-0.4, -0.2) is 21.8 Å². The van der Waals surface area contributed by atoms with E-state index in [4.69, 9.17) is 11.6 Å². The molecule has 0 aliphatic rings. The van der Waals surface area contributed by atoms with Gasteiger partial charge in [-0.15, -0.1) is 0 Å². The molecule has 6 heteroatoms. The fourth-order valence-corrected chi connectivity index (χ4v) is 3.20. The predicted molar refractivity (Wildman–Crippen MR) is 106 cm³/mol. The third kappa shape index (κ3) is 3.41. The number of benzene rings is 2. The first-order valence-electron chi connectivity index (χ1n) is 8.56. The third-order valence-electron chi connectivity index (χ3n) is 4.39. The Morgan fingerprint density at radius 1 is 1.07 bits per heavy atom. The molecule has 1 amide bonds. The molecule has 0 fully saturated rings. The van der Waals surface area contributed by atoms with Crippen molar-refractivity contribution in [3.8, 4) is 0 Å². The van der Waals surface area contributed by atoms with Gasteiger partial charge < -0.3 is 5.32 Å². The molecule has 4 aromatic rings. The summed E-state index contributed by atoms with van der Waals surface area (Å²) in [6.45, 7) is 0.494. The summed E-state index contributed by atoms with van der Waals surface area (Å²) in [5.74, 6) is -0.266. The zero-order valence-electron chi connectivity index (χ0n) is 14.4. The van der Waals surface area contributed by atoms with E-state index in [1.807, 2.05) is 30.3 Å². The quantitative estimate of drug-likeness (QED) is 0.554. The summed E-state index contributed by atoms with van der Waals surface area (Å²) in [6.07, 6.45) is 2.34. The summed E-state index contributed by atoms with van der Waals surface area (Å²) >= 11 is 6.02. The summed E-state index contributed by atoms with van der Waals surface area (Å²) in [5.41, 5.74) is 2.05. The molecule has 5 nitrogen and oxygen atoms in total. The smallest absolute Gasteiger partial charge is 0.265 e. The molecule has 4 rings (SSSR count). The van der Waals surface area contributed by atoms with Gasteiger partial charge in [-0.2, -0.15) is 0 Å². The van der Waals surface area contributed by atoms with Crippen LogP contribution in [0.1, 0.15) is 15.9 Å². The predicted octanol–water partition coefficient (Wildman–Crippen LogP) is 3.47. The molecule has 0 aliphatic heterocycles. The van der Waals surface area contributed by atoms with Crippen molar-refractivity contribution >= 4 is 34.1 Å². The summed E-state index contributed by atoms with van der Waals surface area (Å²) < 4.78 is 1.39. The summed E-state index contributed by atoms with van der Waals surface area (Å²) in [7, 11) is 0. The lowest BCUT2D eigenvalue weighted by molar-refractivity contribution is 0.0955. The van der Waals surface area contributed by atoms with Crippen molar-refractivity contribution in [1.82, 2.24) is 14.7 Å². The van der Waals surface area contributed by atoms with Crippen LogP contribution >= 0.6 is 11.6 Å². The number of pyridine rings is 1. The molecule has 2 aromatic carbocycles. The van der Waals surface area contributed by atoms with Crippen molar-refractivity contribution in [3.05, 3.63) is 93.4 Å². The van der Waals surface area contributed by atoms with Crippen molar-refractivity contribution < 1.29 is 4.79 Å². The lowest BCUT2D eigenvalue weighted by Crippen LogP contribution is -2.27. The lowest BCUT2D eigenvalue weighted by atomic mass is 10.1. The topological polar surface area (TPSA) is 63.5 Å². The molecule has 27 heavy (non-hydrogen) atoms. The molecule has 0 saturated heterocycles. The zero-order chi connectivity index (χ0) is 18.8. The number of hydrogen-bond acceptors (Lipinski definition) is 3. The normalized spacial score (nSPS) is 11.0. The fraction of sp³-hybridized carbons (Fsp3) is 0.0952. The van der Waals surface area contributed by atoms with Gasteiger partial charge >= 0.3 is 0 Å². The Morgan fingerprint density at radius 2 is 1.89 bits per heavy atom. The van der Waals surface area contributed by atoms with Gasteiger partial charge in [-0.25, -0.2) is 4.98 Å². The van der Waals surface area contributed by atoms with Gasteiger partial charge in [0.1, 0.15) is 0 Å².